The Morgan fingerprint density at radius 1 is 0.881 bits per heavy atom. The van der Waals surface area contributed by atoms with Gasteiger partial charge in [0, 0.05) is 13.1 Å². The van der Waals surface area contributed by atoms with Gasteiger partial charge >= 0.3 is 0 Å². The average Bonchev–Trinajstić information content (AvgIpc) is 3.01. The van der Waals surface area contributed by atoms with Crippen molar-refractivity contribution in [2.24, 2.45) is 0 Å². The van der Waals surface area contributed by atoms with Crippen molar-refractivity contribution >= 4 is 27.5 Å². The van der Waals surface area contributed by atoms with Crippen LogP contribution in [0, 0.1) is 13.8 Å². The monoisotopic (exact) mass is 583 g/mol. The summed E-state index contributed by atoms with van der Waals surface area (Å²) in [6.07, 6.45) is -0.967. The Bertz CT molecular complexity index is 1680. The molecule has 4 aromatic rings. The minimum absolute atomic E-state index is 0.00920. The topological polar surface area (TPSA) is 96.0 Å². The molecule has 0 radical (unpaired) electrons. The van der Waals surface area contributed by atoms with Gasteiger partial charge in [-0.2, -0.15) is 4.31 Å². The number of benzene rings is 4. The first-order valence-corrected chi connectivity index (χ1v) is 15.2. The van der Waals surface area contributed by atoms with E-state index in [4.69, 9.17) is 4.74 Å². The second kappa shape index (κ2) is 12.6. The minimum Gasteiger partial charge on any atom is -0.477 e. The van der Waals surface area contributed by atoms with Crippen LogP contribution in [-0.2, 0) is 32.7 Å². The van der Waals surface area contributed by atoms with Crippen LogP contribution in [0.2, 0.25) is 0 Å². The third-order valence-corrected chi connectivity index (χ3v) is 9.09. The number of aryl methyl sites for hydroxylation is 2. The average molecular weight is 584 g/mol. The van der Waals surface area contributed by atoms with Crippen molar-refractivity contribution in [3.63, 3.8) is 0 Å². The van der Waals surface area contributed by atoms with E-state index in [1.54, 1.807) is 43.3 Å². The number of nitrogens with zero attached hydrogens (tertiary/aromatic N) is 2. The van der Waals surface area contributed by atoms with Crippen molar-refractivity contribution in [1.29, 1.82) is 0 Å². The van der Waals surface area contributed by atoms with E-state index >= 15 is 0 Å². The van der Waals surface area contributed by atoms with Gasteiger partial charge < -0.3 is 15.0 Å². The van der Waals surface area contributed by atoms with E-state index in [2.05, 4.69) is 5.32 Å². The molecule has 42 heavy (non-hydrogen) atoms. The fraction of sp³-hybridized carbons (Fsp3) is 0.212. The number of carbonyl (C=O) groups is 2. The molecule has 8 nitrogen and oxygen atoms in total. The number of nitrogens with one attached hydrogen (secondary N) is 1. The van der Waals surface area contributed by atoms with Crippen LogP contribution in [0.4, 0.5) is 5.69 Å². The number of fused-ring (bicyclic) bond motifs is 1. The van der Waals surface area contributed by atoms with Crippen LogP contribution in [-0.4, -0.2) is 43.7 Å². The van der Waals surface area contributed by atoms with Gasteiger partial charge in [-0.05, 0) is 54.3 Å². The molecule has 1 aliphatic rings. The van der Waals surface area contributed by atoms with E-state index in [0.717, 1.165) is 16.7 Å². The summed E-state index contributed by atoms with van der Waals surface area (Å²) in [5.41, 5.74) is 3.57. The molecule has 0 aliphatic carbocycles. The summed E-state index contributed by atoms with van der Waals surface area (Å²) in [6, 6.07) is 30.9. The number of para-hydroxylation sites is 2. The second-order valence-electron chi connectivity index (χ2n) is 10.3. The molecule has 0 spiro atoms. The van der Waals surface area contributed by atoms with E-state index in [1.807, 2.05) is 73.7 Å². The zero-order valence-electron chi connectivity index (χ0n) is 23.6. The highest BCUT2D eigenvalue weighted by Gasteiger charge is 2.36. The molecule has 5 rings (SSSR count). The summed E-state index contributed by atoms with van der Waals surface area (Å²) in [7, 11) is -4.06. The highest BCUT2D eigenvalue weighted by atomic mass is 32.2. The molecule has 9 heteroatoms. The molecular weight excluding hydrogens is 550 g/mol. The summed E-state index contributed by atoms with van der Waals surface area (Å²) >= 11 is 0. The second-order valence-corrected chi connectivity index (χ2v) is 12.2. The first kappa shape index (κ1) is 29.0. The van der Waals surface area contributed by atoms with Gasteiger partial charge in [-0.1, -0.05) is 84.9 Å². The molecule has 0 saturated carbocycles. The molecule has 0 bridgehead atoms. The van der Waals surface area contributed by atoms with Crippen LogP contribution in [0.25, 0.3) is 0 Å². The van der Waals surface area contributed by atoms with Crippen LogP contribution < -0.4 is 15.0 Å². The van der Waals surface area contributed by atoms with Gasteiger partial charge in [-0.25, -0.2) is 8.42 Å². The fourth-order valence-corrected chi connectivity index (χ4v) is 6.57. The van der Waals surface area contributed by atoms with Crippen LogP contribution in [0.15, 0.2) is 108 Å². The SMILES string of the molecule is Cc1ccc(C)c(S(=O)(=O)N(CC(=O)N2C[C@H](C(=O)NCc3ccccc3)Oc3ccccc32)Cc2ccccc2)c1. The highest BCUT2D eigenvalue weighted by Crippen LogP contribution is 2.34. The van der Waals surface area contributed by atoms with Gasteiger partial charge in [0.1, 0.15) is 5.75 Å². The lowest BCUT2D eigenvalue weighted by molar-refractivity contribution is -0.128. The van der Waals surface area contributed by atoms with Gasteiger partial charge in [-0.15, -0.1) is 0 Å². The molecule has 0 fully saturated rings. The van der Waals surface area contributed by atoms with Gasteiger partial charge in [-0.3, -0.25) is 9.59 Å². The molecule has 0 unspecified atom stereocenters. The van der Waals surface area contributed by atoms with Crippen LogP contribution in [0.5, 0.6) is 5.75 Å². The van der Waals surface area contributed by atoms with Gasteiger partial charge in [0.15, 0.2) is 6.10 Å². The molecule has 4 aromatic carbocycles. The third-order valence-electron chi connectivity index (χ3n) is 7.15. The van der Waals surface area contributed by atoms with Gasteiger partial charge in [0.25, 0.3) is 5.91 Å². The fourth-order valence-electron chi connectivity index (χ4n) is 4.88. The van der Waals surface area contributed by atoms with Crippen molar-refractivity contribution in [3.05, 3.63) is 125 Å². The van der Waals surface area contributed by atoms with E-state index in [9.17, 15) is 18.0 Å². The minimum atomic E-state index is -4.06. The standard InChI is InChI=1S/C33H33N3O5S/c1-24-17-18-25(2)31(19-24)42(39,40)35(21-27-13-7-4-8-14-27)23-32(37)36-22-30(41-29-16-10-9-15-28(29)36)33(38)34-20-26-11-5-3-6-12-26/h3-19,30H,20-23H2,1-2H3,(H,34,38)/t30-/m1/s1. The summed E-state index contributed by atoms with van der Waals surface area (Å²) < 4.78 is 35.3. The molecule has 0 saturated heterocycles. The highest BCUT2D eigenvalue weighted by molar-refractivity contribution is 7.89. The number of carbonyl (C=O) groups excluding carboxylic acids is 2. The normalized spacial score (nSPS) is 14.6. The maximum Gasteiger partial charge on any atom is 0.263 e. The van der Waals surface area contributed by atoms with E-state index in [0.29, 0.717) is 23.5 Å². The smallest absolute Gasteiger partial charge is 0.263 e. The molecular formula is C33H33N3O5S. The Hall–Kier alpha value is -4.47. The van der Waals surface area contributed by atoms with Crippen molar-refractivity contribution in [2.75, 3.05) is 18.0 Å². The number of hydrogen-bond donors (Lipinski definition) is 1. The number of amides is 2. The number of hydrogen-bond acceptors (Lipinski definition) is 5. The Kier molecular flexibility index (Phi) is 8.70. The summed E-state index contributed by atoms with van der Waals surface area (Å²) in [5, 5.41) is 2.88. The number of sulfonamides is 1. The predicted molar refractivity (Wildman–Crippen MR) is 161 cm³/mol. The van der Waals surface area contributed by atoms with E-state index in [-0.39, 0.29) is 23.9 Å². The van der Waals surface area contributed by atoms with Crippen molar-refractivity contribution in [1.82, 2.24) is 9.62 Å². The maximum atomic E-state index is 14.0. The first-order chi connectivity index (χ1) is 20.2. The zero-order valence-corrected chi connectivity index (χ0v) is 24.4. The Morgan fingerprint density at radius 3 is 2.24 bits per heavy atom. The molecule has 1 heterocycles. The third kappa shape index (κ3) is 6.53. The van der Waals surface area contributed by atoms with Crippen LogP contribution in [0.1, 0.15) is 22.3 Å². The quantitative estimate of drug-likeness (QED) is 0.311. The van der Waals surface area contributed by atoms with Crippen molar-refractivity contribution in [3.8, 4) is 5.75 Å². The van der Waals surface area contributed by atoms with Crippen molar-refractivity contribution in [2.45, 2.75) is 37.9 Å². The van der Waals surface area contributed by atoms with Gasteiger partial charge in [0.2, 0.25) is 15.9 Å². The summed E-state index contributed by atoms with van der Waals surface area (Å²) in [4.78, 5) is 28.7. The number of rotatable bonds is 9. The summed E-state index contributed by atoms with van der Waals surface area (Å²) in [5.74, 6) is -0.448. The number of ether oxygens (including phenoxy) is 1. The maximum absolute atomic E-state index is 14.0. The first-order valence-electron chi connectivity index (χ1n) is 13.7. The lowest BCUT2D eigenvalue weighted by Crippen LogP contribution is -2.52. The van der Waals surface area contributed by atoms with E-state index in [1.165, 1.54) is 9.21 Å². The molecule has 2 amide bonds. The van der Waals surface area contributed by atoms with Crippen LogP contribution in [0.3, 0.4) is 0 Å². The van der Waals surface area contributed by atoms with Crippen LogP contribution >= 0.6 is 0 Å². The largest absolute Gasteiger partial charge is 0.477 e. The predicted octanol–water partition coefficient (Wildman–Crippen LogP) is 4.60. The molecule has 216 valence electrons. The summed E-state index contributed by atoms with van der Waals surface area (Å²) in [6.45, 7) is 3.42. The lowest BCUT2D eigenvalue weighted by Gasteiger charge is -2.35. The van der Waals surface area contributed by atoms with Gasteiger partial charge in [0.05, 0.1) is 23.7 Å². The molecule has 1 N–H and O–H groups in total. The Morgan fingerprint density at radius 2 is 1.52 bits per heavy atom. The molecule has 1 aliphatic heterocycles. The zero-order chi connectivity index (χ0) is 29.7. The molecule has 0 aromatic heterocycles. The number of anilines is 1. The molecule has 1 atom stereocenters. The Labute approximate surface area is 246 Å². The van der Waals surface area contributed by atoms with E-state index < -0.39 is 28.6 Å². The Balaban J connectivity index is 1.42. The van der Waals surface area contributed by atoms with Crippen molar-refractivity contribution < 1.29 is 22.7 Å². The lowest BCUT2D eigenvalue weighted by atomic mass is 10.1.